The Morgan fingerprint density at radius 1 is 1.07 bits per heavy atom. The van der Waals surface area contributed by atoms with Crippen molar-refractivity contribution in [1.29, 1.82) is 0 Å². The molecule has 0 atom stereocenters. The summed E-state index contributed by atoms with van der Waals surface area (Å²) < 4.78 is 2.31. The number of hydrogen-bond donors (Lipinski definition) is 0. The van der Waals surface area contributed by atoms with Crippen LogP contribution in [-0.2, 0) is 0 Å². The largest absolute Gasteiger partial charge is 0.337 e. The molecule has 1 aromatic carbocycles. The Balaban J connectivity index is 1.44. The number of aryl methyl sites for hydroxylation is 1. The molecular weight excluding hydrogens is 382 g/mol. The molecule has 6 nitrogen and oxygen atoms in total. The number of aromatic nitrogens is 4. The van der Waals surface area contributed by atoms with E-state index in [0.717, 1.165) is 40.4 Å². The number of piperidine rings is 1. The van der Waals surface area contributed by atoms with Crippen molar-refractivity contribution in [2.45, 2.75) is 25.8 Å². The van der Waals surface area contributed by atoms with Crippen molar-refractivity contribution in [2.24, 2.45) is 0 Å². The summed E-state index contributed by atoms with van der Waals surface area (Å²) >= 11 is 1.52. The average molecular weight is 404 g/mol. The van der Waals surface area contributed by atoms with Gasteiger partial charge in [0.25, 0.3) is 5.91 Å². The van der Waals surface area contributed by atoms with Crippen molar-refractivity contribution in [1.82, 2.24) is 24.4 Å². The van der Waals surface area contributed by atoms with Crippen LogP contribution in [0, 0.1) is 6.92 Å². The summed E-state index contributed by atoms with van der Waals surface area (Å²) in [7, 11) is 0. The third-order valence-corrected chi connectivity index (χ3v) is 6.22. The van der Waals surface area contributed by atoms with Gasteiger partial charge in [-0.1, -0.05) is 18.2 Å². The van der Waals surface area contributed by atoms with Gasteiger partial charge in [0.2, 0.25) is 0 Å². The van der Waals surface area contributed by atoms with E-state index < -0.39 is 0 Å². The molecule has 0 unspecified atom stereocenters. The fraction of sp³-hybridized carbons (Fsp3) is 0.273. The third kappa shape index (κ3) is 3.31. The number of pyridine rings is 1. The molecule has 4 heterocycles. The Labute approximate surface area is 172 Å². The topological polar surface area (TPSA) is 63.9 Å². The van der Waals surface area contributed by atoms with Gasteiger partial charge in [-0.15, -0.1) is 11.3 Å². The number of para-hydroxylation sites is 2. The molecule has 0 aliphatic carbocycles. The highest BCUT2D eigenvalue weighted by molar-refractivity contribution is 7.09. The molecule has 29 heavy (non-hydrogen) atoms. The maximum Gasteiger partial charge on any atom is 0.273 e. The van der Waals surface area contributed by atoms with Gasteiger partial charge in [-0.05, 0) is 44.0 Å². The van der Waals surface area contributed by atoms with E-state index in [1.807, 2.05) is 53.6 Å². The van der Waals surface area contributed by atoms with Crippen LogP contribution in [0.2, 0.25) is 0 Å². The first-order valence-electron chi connectivity index (χ1n) is 9.80. The smallest absolute Gasteiger partial charge is 0.273 e. The lowest BCUT2D eigenvalue weighted by molar-refractivity contribution is 0.0691. The van der Waals surface area contributed by atoms with Crippen LogP contribution in [-0.4, -0.2) is 43.4 Å². The summed E-state index contributed by atoms with van der Waals surface area (Å²) in [6, 6.07) is 14.4. The molecule has 1 fully saturated rings. The van der Waals surface area contributed by atoms with E-state index in [-0.39, 0.29) is 11.9 Å². The standard InChI is InChI=1S/C22H21N5OS/c1-15-24-19(14-29-15)22(28)26-12-9-16(10-13-26)27-20-8-3-2-6-17(20)25-21(27)18-7-4-5-11-23-18/h2-8,11,14,16H,9-10,12-13H2,1H3. The number of amides is 1. The van der Waals surface area contributed by atoms with Crippen molar-refractivity contribution in [3.8, 4) is 11.5 Å². The molecule has 0 saturated carbocycles. The number of carbonyl (C=O) groups excluding carboxylic acids is 1. The second kappa shape index (κ2) is 7.40. The van der Waals surface area contributed by atoms with Gasteiger partial charge in [0.1, 0.15) is 11.4 Å². The van der Waals surface area contributed by atoms with Crippen molar-refractivity contribution in [3.05, 3.63) is 64.7 Å². The van der Waals surface area contributed by atoms with Gasteiger partial charge in [0.05, 0.1) is 16.0 Å². The van der Waals surface area contributed by atoms with Crippen LogP contribution in [0.25, 0.3) is 22.6 Å². The van der Waals surface area contributed by atoms with Crippen LogP contribution in [0.1, 0.15) is 34.4 Å². The Bertz CT molecular complexity index is 1160. The van der Waals surface area contributed by atoms with E-state index in [9.17, 15) is 4.79 Å². The zero-order chi connectivity index (χ0) is 19.8. The van der Waals surface area contributed by atoms with Crippen LogP contribution in [0.4, 0.5) is 0 Å². The average Bonchev–Trinajstić information content (AvgIpc) is 3.38. The van der Waals surface area contributed by atoms with Crippen molar-refractivity contribution in [3.63, 3.8) is 0 Å². The quantitative estimate of drug-likeness (QED) is 0.510. The molecule has 0 bridgehead atoms. The highest BCUT2D eigenvalue weighted by Crippen LogP contribution is 2.33. The molecule has 1 saturated heterocycles. The van der Waals surface area contributed by atoms with Crippen LogP contribution < -0.4 is 0 Å². The summed E-state index contributed by atoms with van der Waals surface area (Å²) in [5.41, 5.74) is 3.53. The second-order valence-corrected chi connectivity index (χ2v) is 8.35. The number of thiazole rings is 1. The summed E-state index contributed by atoms with van der Waals surface area (Å²) in [5.74, 6) is 0.931. The molecule has 146 valence electrons. The van der Waals surface area contributed by atoms with Crippen LogP contribution in [0.5, 0.6) is 0 Å². The number of rotatable bonds is 3. The fourth-order valence-corrected chi connectivity index (χ4v) is 4.63. The van der Waals surface area contributed by atoms with Gasteiger partial charge in [-0.3, -0.25) is 9.78 Å². The highest BCUT2D eigenvalue weighted by Gasteiger charge is 2.28. The molecule has 0 spiro atoms. The van der Waals surface area contributed by atoms with E-state index in [1.54, 1.807) is 6.20 Å². The van der Waals surface area contributed by atoms with Crippen LogP contribution in [0.15, 0.2) is 54.0 Å². The molecule has 1 aliphatic rings. The van der Waals surface area contributed by atoms with Crippen molar-refractivity contribution < 1.29 is 4.79 Å². The molecule has 1 amide bonds. The minimum absolute atomic E-state index is 0.0354. The summed E-state index contributed by atoms with van der Waals surface area (Å²) in [5, 5.41) is 2.78. The molecule has 3 aromatic heterocycles. The van der Waals surface area contributed by atoms with Gasteiger partial charge in [-0.2, -0.15) is 0 Å². The lowest BCUT2D eigenvalue weighted by atomic mass is 10.0. The third-order valence-electron chi connectivity index (χ3n) is 5.44. The number of fused-ring (bicyclic) bond motifs is 1. The second-order valence-electron chi connectivity index (χ2n) is 7.28. The van der Waals surface area contributed by atoms with E-state index >= 15 is 0 Å². The lowest BCUT2D eigenvalue weighted by Gasteiger charge is -2.33. The predicted octanol–water partition coefficient (Wildman–Crippen LogP) is 4.34. The molecule has 4 aromatic rings. The van der Waals surface area contributed by atoms with E-state index in [0.29, 0.717) is 18.8 Å². The minimum atomic E-state index is 0.0354. The fourth-order valence-electron chi connectivity index (χ4n) is 4.04. The first-order chi connectivity index (χ1) is 14.2. The number of likely N-dealkylation sites (tertiary alicyclic amines) is 1. The number of imidazole rings is 1. The van der Waals surface area contributed by atoms with Crippen LogP contribution in [0.3, 0.4) is 0 Å². The van der Waals surface area contributed by atoms with Gasteiger partial charge in [0, 0.05) is 30.7 Å². The SMILES string of the molecule is Cc1nc(C(=O)N2CCC(n3c(-c4ccccn4)nc4ccccc43)CC2)cs1. The number of benzene rings is 1. The Hall–Kier alpha value is -3.06. The zero-order valence-electron chi connectivity index (χ0n) is 16.2. The van der Waals surface area contributed by atoms with Gasteiger partial charge < -0.3 is 9.47 Å². The molecule has 1 aliphatic heterocycles. The number of carbonyl (C=O) groups is 1. The monoisotopic (exact) mass is 403 g/mol. The van der Waals surface area contributed by atoms with E-state index in [1.165, 1.54) is 11.3 Å². The van der Waals surface area contributed by atoms with Crippen molar-refractivity contribution in [2.75, 3.05) is 13.1 Å². The molecule has 0 N–H and O–H groups in total. The van der Waals surface area contributed by atoms with E-state index in [4.69, 9.17) is 4.98 Å². The predicted molar refractivity (Wildman–Crippen MR) is 114 cm³/mol. The number of hydrogen-bond acceptors (Lipinski definition) is 5. The van der Waals surface area contributed by atoms with Crippen LogP contribution >= 0.6 is 11.3 Å². The number of nitrogens with zero attached hydrogens (tertiary/aromatic N) is 5. The maximum atomic E-state index is 12.7. The van der Waals surface area contributed by atoms with Gasteiger partial charge in [0.15, 0.2) is 5.82 Å². The highest BCUT2D eigenvalue weighted by atomic mass is 32.1. The molecular formula is C22H21N5OS. The van der Waals surface area contributed by atoms with Crippen molar-refractivity contribution >= 4 is 28.3 Å². The molecule has 7 heteroatoms. The summed E-state index contributed by atoms with van der Waals surface area (Å²) in [6.45, 7) is 3.36. The Morgan fingerprint density at radius 3 is 2.59 bits per heavy atom. The minimum Gasteiger partial charge on any atom is -0.337 e. The first kappa shape index (κ1) is 18.0. The Kier molecular flexibility index (Phi) is 4.60. The summed E-state index contributed by atoms with van der Waals surface area (Å²) in [4.78, 5) is 28.4. The van der Waals surface area contributed by atoms with Gasteiger partial charge >= 0.3 is 0 Å². The van der Waals surface area contributed by atoms with E-state index in [2.05, 4.69) is 20.6 Å². The Morgan fingerprint density at radius 2 is 1.86 bits per heavy atom. The molecule has 0 radical (unpaired) electrons. The summed E-state index contributed by atoms with van der Waals surface area (Å²) in [6.07, 6.45) is 3.57. The molecule has 5 rings (SSSR count). The first-order valence-corrected chi connectivity index (χ1v) is 10.7. The zero-order valence-corrected chi connectivity index (χ0v) is 17.0. The maximum absolute atomic E-state index is 12.7. The van der Waals surface area contributed by atoms with Gasteiger partial charge in [-0.25, -0.2) is 9.97 Å². The normalized spacial score (nSPS) is 15.1. The lowest BCUT2D eigenvalue weighted by Crippen LogP contribution is -2.39.